The van der Waals surface area contributed by atoms with Gasteiger partial charge in [-0.25, -0.2) is 8.42 Å². The topological polar surface area (TPSA) is 102 Å². The summed E-state index contributed by atoms with van der Waals surface area (Å²) < 4.78 is 30.3. The molecule has 9 heteroatoms. The SMILES string of the molecule is COCC(N)C(=O)Nc1ccc(C)c(N2CCCS2(=O)=O)c1.Cl. The summed E-state index contributed by atoms with van der Waals surface area (Å²) in [6.45, 7) is 2.42. The van der Waals surface area contributed by atoms with E-state index in [1.165, 1.54) is 11.4 Å². The number of ether oxygens (including phenoxy) is 1. The van der Waals surface area contributed by atoms with Gasteiger partial charge in [-0.1, -0.05) is 6.07 Å². The fourth-order valence-corrected chi connectivity index (χ4v) is 3.97. The number of methoxy groups -OCH3 is 1. The van der Waals surface area contributed by atoms with Crippen molar-refractivity contribution >= 4 is 39.7 Å². The first-order valence-electron chi connectivity index (χ1n) is 7.01. The molecule has 0 spiro atoms. The van der Waals surface area contributed by atoms with Gasteiger partial charge < -0.3 is 15.8 Å². The molecule has 0 radical (unpaired) electrons. The Hall–Kier alpha value is -1.35. The number of carbonyl (C=O) groups is 1. The summed E-state index contributed by atoms with van der Waals surface area (Å²) in [7, 11) is -1.79. The van der Waals surface area contributed by atoms with Crippen LogP contribution in [0.3, 0.4) is 0 Å². The Morgan fingerprint density at radius 2 is 2.17 bits per heavy atom. The van der Waals surface area contributed by atoms with Crippen LogP contribution in [0.15, 0.2) is 18.2 Å². The molecule has 0 aliphatic carbocycles. The third-order valence-electron chi connectivity index (χ3n) is 3.53. The Balaban J connectivity index is 0.00000264. The minimum Gasteiger partial charge on any atom is -0.383 e. The van der Waals surface area contributed by atoms with Crippen molar-refractivity contribution < 1.29 is 17.9 Å². The number of carbonyl (C=O) groups excluding carboxylic acids is 1. The molecule has 1 saturated heterocycles. The number of nitrogens with zero attached hydrogens (tertiary/aromatic N) is 1. The Bertz CT molecular complexity index is 666. The Labute approximate surface area is 142 Å². The van der Waals surface area contributed by atoms with Gasteiger partial charge >= 0.3 is 0 Å². The van der Waals surface area contributed by atoms with Crippen LogP contribution >= 0.6 is 12.4 Å². The average Bonchev–Trinajstić information content (AvgIpc) is 2.80. The molecule has 3 N–H and O–H groups in total. The average molecular weight is 364 g/mol. The van der Waals surface area contributed by atoms with Gasteiger partial charge in [-0.2, -0.15) is 0 Å². The molecule has 23 heavy (non-hydrogen) atoms. The molecule has 1 aromatic carbocycles. The molecular formula is C14H22ClN3O4S. The van der Waals surface area contributed by atoms with Crippen LogP contribution in [0.5, 0.6) is 0 Å². The van der Waals surface area contributed by atoms with Gasteiger partial charge in [0.05, 0.1) is 18.0 Å². The number of aryl methyl sites for hydroxylation is 1. The van der Waals surface area contributed by atoms with Crippen molar-refractivity contribution in [3.05, 3.63) is 23.8 Å². The lowest BCUT2D eigenvalue weighted by Crippen LogP contribution is -2.39. The normalized spacial score (nSPS) is 17.4. The Kier molecular flexibility index (Phi) is 6.82. The van der Waals surface area contributed by atoms with Gasteiger partial charge in [-0.3, -0.25) is 9.10 Å². The number of hydrogen-bond acceptors (Lipinski definition) is 5. The zero-order chi connectivity index (χ0) is 16.3. The van der Waals surface area contributed by atoms with Crippen molar-refractivity contribution in [2.45, 2.75) is 19.4 Å². The zero-order valence-electron chi connectivity index (χ0n) is 13.1. The molecule has 1 aromatic rings. The molecule has 1 atom stereocenters. The minimum atomic E-state index is -3.26. The van der Waals surface area contributed by atoms with E-state index in [1.54, 1.807) is 18.2 Å². The number of sulfonamides is 1. The van der Waals surface area contributed by atoms with E-state index in [0.717, 1.165) is 5.56 Å². The third kappa shape index (κ3) is 4.57. The van der Waals surface area contributed by atoms with Crippen molar-refractivity contribution in [2.75, 3.05) is 35.6 Å². The summed E-state index contributed by atoms with van der Waals surface area (Å²) >= 11 is 0. The number of nitrogens with two attached hydrogens (primary N) is 1. The number of amides is 1. The molecule has 7 nitrogen and oxygen atoms in total. The zero-order valence-corrected chi connectivity index (χ0v) is 14.7. The van der Waals surface area contributed by atoms with Crippen molar-refractivity contribution in [3.8, 4) is 0 Å². The van der Waals surface area contributed by atoms with Crippen LogP contribution in [0, 0.1) is 6.92 Å². The molecule has 0 bridgehead atoms. The molecule has 1 amide bonds. The standard InChI is InChI=1S/C14H21N3O4S.ClH/c1-10-4-5-11(16-14(18)12(15)9-21-2)8-13(10)17-6-3-7-22(17,19)20;/h4-5,8,12H,3,6-7,9,15H2,1-2H3,(H,16,18);1H. The number of anilines is 2. The highest BCUT2D eigenvalue weighted by molar-refractivity contribution is 7.93. The van der Waals surface area contributed by atoms with Crippen molar-refractivity contribution in [2.24, 2.45) is 5.73 Å². The van der Waals surface area contributed by atoms with Crippen molar-refractivity contribution in [3.63, 3.8) is 0 Å². The quantitative estimate of drug-likeness (QED) is 0.808. The van der Waals surface area contributed by atoms with E-state index < -0.39 is 16.1 Å². The van der Waals surface area contributed by atoms with Crippen LogP contribution in [-0.4, -0.2) is 46.4 Å². The van der Waals surface area contributed by atoms with E-state index in [1.807, 2.05) is 6.92 Å². The van der Waals surface area contributed by atoms with Crippen LogP contribution in [-0.2, 0) is 19.6 Å². The van der Waals surface area contributed by atoms with Gasteiger partial charge in [0, 0.05) is 19.3 Å². The first-order valence-corrected chi connectivity index (χ1v) is 8.62. The van der Waals surface area contributed by atoms with Crippen LogP contribution in [0.25, 0.3) is 0 Å². The highest BCUT2D eigenvalue weighted by Gasteiger charge is 2.29. The number of rotatable bonds is 5. The lowest BCUT2D eigenvalue weighted by molar-refractivity contribution is -0.118. The first kappa shape index (κ1) is 19.7. The highest BCUT2D eigenvalue weighted by atomic mass is 35.5. The lowest BCUT2D eigenvalue weighted by Gasteiger charge is -2.20. The van der Waals surface area contributed by atoms with Crippen LogP contribution in [0.4, 0.5) is 11.4 Å². The van der Waals surface area contributed by atoms with Crippen molar-refractivity contribution in [1.29, 1.82) is 0 Å². The van der Waals surface area contributed by atoms with Gasteiger partial charge in [0.15, 0.2) is 0 Å². The molecule has 1 fully saturated rings. The van der Waals surface area contributed by atoms with Gasteiger partial charge in [0.1, 0.15) is 6.04 Å². The number of hydrogen-bond donors (Lipinski definition) is 2. The third-order valence-corrected chi connectivity index (χ3v) is 5.38. The van der Waals surface area contributed by atoms with Gasteiger partial charge in [-0.15, -0.1) is 12.4 Å². The summed E-state index contributed by atoms with van der Waals surface area (Å²) in [5, 5.41) is 2.68. The second-order valence-corrected chi connectivity index (χ2v) is 7.31. The summed E-state index contributed by atoms with van der Waals surface area (Å²) in [5.74, 6) is -0.220. The Morgan fingerprint density at radius 3 is 2.74 bits per heavy atom. The van der Waals surface area contributed by atoms with Gasteiger partial charge in [0.25, 0.3) is 0 Å². The van der Waals surface area contributed by atoms with E-state index in [0.29, 0.717) is 24.3 Å². The van der Waals surface area contributed by atoms with Gasteiger partial charge in [-0.05, 0) is 31.0 Å². The summed E-state index contributed by atoms with van der Waals surface area (Å²) in [4.78, 5) is 11.9. The fraction of sp³-hybridized carbons (Fsp3) is 0.500. The molecule has 1 aliphatic rings. The summed E-state index contributed by atoms with van der Waals surface area (Å²) in [6, 6.07) is 4.39. The maximum Gasteiger partial charge on any atom is 0.243 e. The van der Waals surface area contributed by atoms with E-state index in [9.17, 15) is 13.2 Å². The lowest BCUT2D eigenvalue weighted by atomic mass is 10.1. The number of nitrogens with one attached hydrogen (secondary N) is 1. The smallest absolute Gasteiger partial charge is 0.243 e. The maximum atomic E-state index is 12.0. The predicted molar refractivity (Wildman–Crippen MR) is 92.7 cm³/mol. The van der Waals surface area contributed by atoms with E-state index in [2.05, 4.69) is 5.32 Å². The molecule has 1 aliphatic heterocycles. The highest BCUT2D eigenvalue weighted by Crippen LogP contribution is 2.29. The van der Waals surface area contributed by atoms with Crippen LogP contribution in [0.2, 0.25) is 0 Å². The van der Waals surface area contributed by atoms with Crippen molar-refractivity contribution in [1.82, 2.24) is 0 Å². The second-order valence-electron chi connectivity index (χ2n) is 5.29. The largest absolute Gasteiger partial charge is 0.383 e. The molecule has 0 saturated carbocycles. The second kappa shape index (κ2) is 7.96. The summed E-state index contributed by atoms with van der Waals surface area (Å²) in [5.41, 5.74) is 7.61. The molecular weight excluding hydrogens is 342 g/mol. The van der Waals surface area contributed by atoms with Gasteiger partial charge in [0.2, 0.25) is 15.9 Å². The van der Waals surface area contributed by atoms with E-state index >= 15 is 0 Å². The fourth-order valence-electron chi connectivity index (χ4n) is 2.36. The number of halogens is 1. The number of benzene rings is 1. The Morgan fingerprint density at radius 1 is 1.48 bits per heavy atom. The van der Waals surface area contributed by atoms with Crippen LogP contribution in [0.1, 0.15) is 12.0 Å². The first-order chi connectivity index (χ1) is 10.3. The minimum absolute atomic E-state index is 0. The molecule has 2 rings (SSSR count). The molecule has 1 unspecified atom stereocenters. The van der Waals surface area contributed by atoms with Crippen LogP contribution < -0.4 is 15.4 Å². The van der Waals surface area contributed by atoms with E-state index in [4.69, 9.17) is 10.5 Å². The molecule has 130 valence electrons. The maximum absolute atomic E-state index is 12.0. The molecule has 1 heterocycles. The predicted octanol–water partition coefficient (Wildman–Crippen LogP) is 0.869. The molecule has 0 aromatic heterocycles. The van der Waals surface area contributed by atoms with E-state index in [-0.39, 0.29) is 30.7 Å². The summed E-state index contributed by atoms with van der Waals surface area (Å²) in [6.07, 6.45) is 0.608. The monoisotopic (exact) mass is 363 g/mol.